The fourth-order valence-electron chi connectivity index (χ4n) is 1.91. The van der Waals surface area contributed by atoms with E-state index in [0.717, 1.165) is 5.57 Å². The molecule has 0 radical (unpaired) electrons. The zero-order valence-corrected chi connectivity index (χ0v) is 20.0. The van der Waals surface area contributed by atoms with Crippen LogP contribution in [0.1, 0.15) is 55.4 Å². The summed E-state index contributed by atoms with van der Waals surface area (Å²) in [5.41, 5.74) is 0.477. The van der Waals surface area contributed by atoms with Gasteiger partial charge in [0.1, 0.15) is 5.60 Å². The second kappa shape index (κ2) is 9.19. The van der Waals surface area contributed by atoms with E-state index < -0.39 is 26.1 Å². The van der Waals surface area contributed by atoms with Crippen molar-refractivity contribution >= 4 is 20.2 Å². The van der Waals surface area contributed by atoms with Crippen molar-refractivity contribution in [3.8, 4) is 0 Å². The van der Waals surface area contributed by atoms with Crippen LogP contribution in [0.4, 0.5) is 4.79 Å². The number of carbonyl (C=O) groups excluding carboxylic acids is 2. The van der Waals surface area contributed by atoms with Gasteiger partial charge in [0.05, 0.1) is 19.2 Å². The van der Waals surface area contributed by atoms with Crippen LogP contribution in [0.3, 0.4) is 0 Å². The second-order valence-electron chi connectivity index (χ2n) is 9.75. The Morgan fingerprint density at radius 2 is 1.52 bits per heavy atom. The predicted molar refractivity (Wildman–Crippen MR) is 115 cm³/mol. The molecule has 0 heterocycles. The summed E-state index contributed by atoms with van der Waals surface area (Å²) in [6.07, 6.45) is -0.552. The fraction of sp³-hybridized carbons (Fsp3) is 0.714. The zero-order valence-electron chi connectivity index (χ0n) is 19.0. The number of ether oxygens (including phenoxy) is 1. The first-order valence-electron chi connectivity index (χ1n) is 9.36. The Bertz CT molecular complexity index is 582. The van der Waals surface area contributed by atoms with Gasteiger partial charge in [-0.05, 0) is 58.3 Å². The minimum atomic E-state index is -2.03. The van der Waals surface area contributed by atoms with E-state index in [1.54, 1.807) is 27.7 Å². The number of Topliss-reactive ketones (excluding diaryl/α,β-unsaturated/α-hetero) is 1. The Morgan fingerprint density at radius 1 is 1.04 bits per heavy atom. The zero-order chi connectivity index (χ0) is 21.8. The topological polar surface area (TPSA) is 55.8 Å². The number of hydrogen-bond donors (Lipinski definition) is 0. The normalized spacial score (nSPS) is 13.7. The highest BCUT2D eigenvalue weighted by molar-refractivity contribution is 6.74. The molecule has 156 valence electrons. The summed E-state index contributed by atoms with van der Waals surface area (Å²) in [5, 5.41) is 0.0386. The van der Waals surface area contributed by atoms with Gasteiger partial charge in [-0.3, -0.25) is 9.69 Å². The molecule has 0 aliphatic heterocycles. The summed E-state index contributed by atoms with van der Waals surface area (Å²) in [4.78, 5) is 26.5. The van der Waals surface area contributed by atoms with Crippen molar-refractivity contribution < 1.29 is 18.8 Å². The van der Waals surface area contributed by atoms with E-state index >= 15 is 0 Å². The third kappa shape index (κ3) is 8.43. The molecule has 0 aromatic heterocycles. The van der Waals surface area contributed by atoms with Crippen molar-refractivity contribution in [2.45, 2.75) is 85.2 Å². The maximum absolute atomic E-state index is 12.8. The summed E-state index contributed by atoms with van der Waals surface area (Å²) >= 11 is 0. The molecule has 1 unspecified atom stereocenters. The molecule has 0 aliphatic carbocycles. The summed E-state index contributed by atoms with van der Waals surface area (Å²) in [6, 6.07) is -0.447. The molecule has 0 fully saturated rings. The van der Waals surface area contributed by atoms with E-state index in [-0.39, 0.29) is 24.0 Å². The van der Waals surface area contributed by atoms with Crippen molar-refractivity contribution in [3.63, 3.8) is 0 Å². The van der Waals surface area contributed by atoms with Gasteiger partial charge in [-0.2, -0.15) is 0 Å². The van der Waals surface area contributed by atoms with Crippen LogP contribution < -0.4 is 0 Å². The van der Waals surface area contributed by atoms with Gasteiger partial charge in [-0.1, -0.05) is 39.5 Å². The van der Waals surface area contributed by atoms with Crippen molar-refractivity contribution in [1.82, 2.24) is 4.90 Å². The Hall–Kier alpha value is -1.40. The SMILES string of the molecule is C=C(C)C(=O)CN(C(=O)OC(C)(C)C)C(CO[Si](C)(C)C(C)(C)C)C(=C)C. The molecule has 0 N–H and O–H groups in total. The van der Waals surface area contributed by atoms with E-state index in [0.29, 0.717) is 5.57 Å². The lowest BCUT2D eigenvalue weighted by Crippen LogP contribution is -2.51. The first-order valence-corrected chi connectivity index (χ1v) is 12.3. The molecule has 0 rings (SSSR count). The molecular formula is C21H39NO4Si. The molecular weight excluding hydrogens is 358 g/mol. The maximum atomic E-state index is 12.8. The lowest BCUT2D eigenvalue weighted by molar-refractivity contribution is -0.117. The van der Waals surface area contributed by atoms with Gasteiger partial charge in [-0.25, -0.2) is 4.79 Å². The Kier molecular flexibility index (Phi) is 8.72. The largest absolute Gasteiger partial charge is 0.444 e. The highest BCUT2D eigenvalue weighted by atomic mass is 28.4. The van der Waals surface area contributed by atoms with Crippen LogP contribution in [0.25, 0.3) is 0 Å². The molecule has 0 bridgehead atoms. The fourth-order valence-corrected chi connectivity index (χ4v) is 2.92. The van der Waals surface area contributed by atoms with Crippen LogP contribution in [0, 0.1) is 0 Å². The van der Waals surface area contributed by atoms with E-state index in [2.05, 4.69) is 47.0 Å². The molecule has 0 aromatic carbocycles. The molecule has 1 atom stereocenters. The lowest BCUT2D eigenvalue weighted by Gasteiger charge is -2.39. The number of amides is 1. The number of ketones is 1. The van der Waals surface area contributed by atoms with Crippen molar-refractivity contribution in [2.24, 2.45) is 0 Å². The van der Waals surface area contributed by atoms with Crippen LogP contribution in [0.2, 0.25) is 18.1 Å². The van der Waals surface area contributed by atoms with Crippen LogP contribution in [-0.4, -0.2) is 49.9 Å². The summed E-state index contributed by atoms with van der Waals surface area (Å²) < 4.78 is 11.8. The van der Waals surface area contributed by atoms with Gasteiger partial charge in [-0.15, -0.1) is 0 Å². The monoisotopic (exact) mass is 397 g/mol. The van der Waals surface area contributed by atoms with E-state index in [1.807, 2.05) is 6.92 Å². The van der Waals surface area contributed by atoms with Gasteiger partial charge < -0.3 is 9.16 Å². The summed E-state index contributed by atoms with van der Waals surface area (Å²) in [6.45, 7) is 27.5. The summed E-state index contributed by atoms with van der Waals surface area (Å²) in [7, 11) is -2.03. The molecule has 0 saturated heterocycles. The van der Waals surface area contributed by atoms with Crippen molar-refractivity contribution in [2.75, 3.05) is 13.2 Å². The van der Waals surface area contributed by atoms with Crippen LogP contribution in [-0.2, 0) is 14.0 Å². The highest BCUT2D eigenvalue weighted by Gasteiger charge is 2.39. The average molecular weight is 398 g/mol. The van der Waals surface area contributed by atoms with E-state index in [1.165, 1.54) is 4.90 Å². The van der Waals surface area contributed by atoms with Crippen molar-refractivity contribution in [3.05, 3.63) is 24.3 Å². The van der Waals surface area contributed by atoms with Crippen LogP contribution in [0.5, 0.6) is 0 Å². The number of carbonyl (C=O) groups is 2. The molecule has 0 saturated carbocycles. The number of hydrogen-bond acceptors (Lipinski definition) is 4. The Balaban J connectivity index is 5.69. The molecule has 5 nitrogen and oxygen atoms in total. The molecule has 0 aromatic rings. The first kappa shape index (κ1) is 25.6. The highest BCUT2D eigenvalue weighted by Crippen LogP contribution is 2.37. The standard InChI is InChI=1S/C21H39NO4Si/c1-15(2)17(14-25-27(11,12)21(8,9)10)22(13-18(23)16(3)4)19(24)26-20(5,6)7/h17H,1,3,13-14H2,2,4-12H3. The van der Waals surface area contributed by atoms with Crippen LogP contribution >= 0.6 is 0 Å². The third-order valence-corrected chi connectivity index (χ3v) is 9.27. The van der Waals surface area contributed by atoms with Gasteiger partial charge in [0.25, 0.3) is 0 Å². The van der Waals surface area contributed by atoms with E-state index in [9.17, 15) is 9.59 Å². The lowest BCUT2D eigenvalue weighted by atomic mass is 10.1. The minimum Gasteiger partial charge on any atom is -0.444 e. The van der Waals surface area contributed by atoms with Gasteiger partial charge in [0, 0.05) is 0 Å². The van der Waals surface area contributed by atoms with Gasteiger partial charge in [0.2, 0.25) is 0 Å². The molecule has 0 aliphatic rings. The second-order valence-corrected chi connectivity index (χ2v) is 14.6. The maximum Gasteiger partial charge on any atom is 0.411 e. The van der Waals surface area contributed by atoms with Gasteiger partial charge in [0.15, 0.2) is 14.1 Å². The van der Waals surface area contributed by atoms with Crippen molar-refractivity contribution in [1.29, 1.82) is 0 Å². The van der Waals surface area contributed by atoms with Gasteiger partial charge >= 0.3 is 6.09 Å². The Morgan fingerprint density at radius 3 is 1.85 bits per heavy atom. The van der Waals surface area contributed by atoms with Crippen LogP contribution in [0.15, 0.2) is 24.3 Å². The minimum absolute atomic E-state index is 0.0386. The quantitative estimate of drug-likeness (QED) is 0.315. The average Bonchev–Trinajstić information content (AvgIpc) is 2.42. The number of rotatable bonds is 8. The first-order chi connectivity index (χ1) is 11.9. The molecule has 6 heteroatoms. The van der Waals surface area contributed by atoms with E-state index in [4.69, 9.17) is 9.16 Å². The molecule has 1 amide bonds. The number of nitrogens with zero attached hydrogens (tertiary/aromatic N) is 1. The smallest absolute Gasteiger partial charge is 0.411 e. The predicted octanol–water partition coefficient (Wildman–Crippen LogP) is 5.34. The molecule has 27 heavy (non-hydrogen) atoms. The Labute approximate surface area is 166 Å². The molecule has 0 spiro atoms. The third-order valence-electron chi connectivity index (χ3n) is 4.77. The summed E-state index contributed by atoms with van der Waals surface area (Å²) in [5.74, 6) is -0.209.